The standard InChI is InChI=1S/C13H13ClN2/c1-13(2)7-9-6-8-4-3-5-10(14)11(8)15-12(9)16-13/h3-6H,7H2,1-2H3,(H,15,16). The number of nitrogens with one attached hydrogen (secondary N) is 1. The number of rotatable bonds is 0. The number of nitrogens with zero attached hydrogens (tertiary/aromatic N) is 1. The summed E-state index contributed by atoms with van der Waals surface area (Å²) in [7, 11) is 0. The van der Waals surface area contributed by atoms with Crippen LogP contribution >= 0.6 is 11.6 Å². The van der Waals surface area contributed by atoms with Crippen molar-refractivity contribution >= 4 is 28.3 Å². The number of halogens is 1. The number of hydrogen-bond donors (Lipinski definition) is 1. The van der Waals surface area contributed by atoms with Gasteiger partial charge in [-0.1, -0.05) is 23.7 Å². The molecule has 2 nitrogen and oxygen atoms in total. The molecule has 3 rings (SSSR count). The lowest BCUT2D eigenvalue weighted by Crippen LogP contribution is -2.27. The van der Waals surface area contributed by atoms with Crippen LogP contribution in [0.5, 0.6) is 0 Å². The van der Waals surface area contributed by atoms with Crippen LogP contribution in [0.15, 0.2) is 24.3 Å². The van der Waals surface area contributed by atoms with Crippen molar-refractivity contribution in [1.82, 2.24) is 4.98 Å². The van der Waals surface area contributed by atoms with E-state index in [0.717, 1.165) is 23.1 Å². The van der Waals surface area contributed by atoms with Crippen LogP contribution in [0.2, 0.25) is 5.02 Å². The van der Waals surface area contributed by atoms with Crippen molar-refractivity contribution in [2.75, 3.05) is 5.32 Å². The largest absolute Gasteiger partial charge is 0.365 e. The third-order valence-electron chi connectivity index (χ3n) is 2.96. The maximum absolute atomic E-state index is 6.14. The summed E-state index contributed by atoms with van der Waals surface area (Å²) in [6, 6.07) is 8.08. The van der Waals surface area contributed by atoms with Gasteiger partial charge in [0.05, 0.1) is 10.5 Å². The zero-order valence-corrected chi connectivity index (χ0v) is 10.1. The van der Waals surface area contributed by atoms with Crippen molar-refractivity contribution in [1.29, 1.82) is 0 Å². The van der Waals surface area contributed by atoms with Crippen LogP contribution in [0.4, 0.5) is 5.82 Å². The highest BCUT2D eigenvalue weighted by Crippen LogP contribution is 2.34. The van der Waals surface area contributed by atoms with Crippen molar-refractivity contribution < 1.29 is 0 Å². The van der Waals surface area contributed by atoms with E-state index >= 15 is 0 Å². The van der Waals surface area contributed by atoms with Crippen LogP contribution in [-0.4, -0.2) is 10.5 Å². The van der Waals surface area contributed by atoms with Crippen molar-refractivity contribution in [3.8, 4) is 0 Å². The Morgan fingerprint density at radius 2 is 2.19 bits per heavy atom. The summed E-state index contributed by atoms with van der Waals surface area (Å²) < 4.78 is 0. The predicted molar refractivity (Wildman–Crippen MR) is 68.2 cm³/mol. The van der Waals surface area contributed by atoms with Gasteiger partial charge in [-0.3, -0.25) is 0 Å². The average molecular weight is 233 g/mol. The Kier molecular flexibility index (Phi) is 1.93. The SMILES string of the molecule is CC1(C)Cc2cc3cccc(Cl)c3nc2N1. The summed E-state index contributed by atoms with van der Waals surface area (Å²) in [5.74, 6) is 0.977. The van der Waals surface area contributed by atoms with E-state index in [2.05, 4.69) is 36.3 Å². The van der Waals surface area contributed by atoms with Crippen LogP contribution in [0.1, 0.15) is 19.4 Å². The summed E-state index contributed by atoms with van der Waals surface area (Å²) in [6.07, 6.45) is 1.01. The third-order valence-corrected chi connectivity index (χ3v) is 3.27. The maximum atomic E-state index is 6.14. The zero-order chi connectivity index (χ0) is 11.3. The van der Waals surface area contributed by atoms with Crippen LogP contribution < -0.4 is 5.32 Å². The van der Waals surface area contributed by atoms with Gasteiger partial charge in [0.25, 0.3) is 0 Å². The lowest BCUT2D eigenvalue weighted by atomic mass is 10.0. The van der Waals surface area contributed by atoms with E-state index in [1.54, 1.807) is 0 Å². The van der Waals surface area contributed by atoms with Crippen molar-refractivity contribution in [3.05, 3.63) is 34.9 Å². The Morgan fingerprint density at radius 1 is 1.38 bits per heavy atom. The minimum Gasteiger partial charge on any atom is -0.365 e. The highest BCUT2D eigenvalue weighted by Gasteiger charge is 2.28. The molecule has 0 radical (unpaired) electrons. The third kappa shape index (κ3) is 1.45. The van der Waals surface area contributed by atoms with Crippen molar-refractivity contribution in [3.63, 3.8) is 0 Å². The molecule has 3 heteroatoms. The van der Waals surface area contributed by atoms with E-state index in [4.69, 9.17) is 11.6 Å². The van der Waals surface area contributed by atoms with Gasteiger partial charge in [-0.25, -0.2) is 4.98 Å². The smallest absolute Gasteiger partial charge is 0.130 e. The summed E-state index contributed by atoms with van der Waals surface area (Å²) >= 11 is 6.14. The van der Waals surface area contributed by atoms with Gasteiger partial charge in [-0.15, -0.1) is 0 Å². The molecule has 1 aliphatic heterocycles. The number of anilines is 1. The Labute approximate surface area is 99.6 Å². The van der Waals surface area contributed by atoms with E-state index < -0.39 is 0 Å². The Morgan fingerprint density at radius 3 is 3.00 bits per heavy atom. The first-order chi connectivity index (χ1) is 7.55. The number of para-hydroxylation sites is 1. The first-order valence-corrected chi connectivity index (χ1v) is 5.79. The second-order valence-corrected chi connectivity index (χ2v) is 5.40. The van der Waals surface area contributed by atoms with E-state index in [1.165, 1.54) is 5.56 Å². The summed E-state index contributed by atoms with van der Waals surface area (Å²) in [5, 5.41) is 5.25. The molecule has 0 amide bonds. The van der Waals surface area contributed by atoms with Gasteiger partial charge in [0.15, 0.2) is 0 Å². The van der Waals surface area contributed by atoms with Gasteiger partial charge in [0.2, 0.25) is 0 Å². The normalized spacial score (nSPS) is 17.2. The molecule has 0 bridgehead atoms. The lowest BCUT2D eigenvalue weighted by Gasteiger charge is -2.17. The quantitative estimate of drug-likeness (QED) is 0.750. The molecule has 0 saturated heterocycles. The van der Waals surface area contributed by atoms with Gasteiger partial charge >= 0.3 is 0 Å². The minimum atomic E-state index is 0.0964. The molecule has 0 spiro atoms. The molecule has 1 aromatic carbocycles. The van der Waals surface area contributed by atoms with E-state index in [9.17, 15) is 0 Å². The molecule has 1 N–H and O–H groups in total. The molecule has 0 unspecified atom stereocenters. The van der Waals surface area contributed by atoms with E-state index in [-0.39, 0.29) is 5.54 Å². The first kappa shape index (κ1) is 9.91. The molecule has 0 fully saturated rings. The average Bonchev–Trinajstić information content (AvgIpc) is 2.48. The molecule has 82 valence electrons. The fourth-order valence-corrected chi connectivity index (χ4v) is 2.51. The number of hydrogen-bond acceptors (Lipinski definition) is 2. The Hall–Kier alpha value is -1.28. The summed E-state index contributed by atoms with van der Waals surface area (Å²) in [5.41, 5.74) is 2.26. The van der Waals surface area contributed by atoms with Gasteiger partial charge in [-0.2, -0.15) is 0 Å². The minimum absolute atomic E-state index is 0.0964. The molecule has 2 heterocycles. The fourth-order valence-electron chi connectivity index (χ4n) is 2.29. The van der Waals surface area contributed by atoms with Crippen LogP contribution in [0.25, 0.3) is 10.9 Å². The number of aromatic nitrogens is 1. The molecule has 0 aliphatic carbocycles. The first-order valence-electron chi connectivity index (χ1n) is 5.41. The molecule has 1 aromatic heterocycles. The van der Waals surface area contributed by atoms with Gasteiger partial charge in [0.1, 0.15) is 5.82 Å². The van der Waals surface area contributed by atoms with Crippen molar-refractivity contribution in [2.24, 2.45) is 0 Å². The van der Waals surface area contributed by atoms with Crippen LogP contribution in [0.3, 0.4) is 0 Å². The second kappa shape index (κ2) is 3.11. The van der Waals surface area contributed by atoms with E-state index in [0.29, 0.717) is 5.02 Å². The molecule has 0 atom stereocenters. The molecule has 1 aliphatic rings. The lowest BCUT2D eigenvalue weighted by molar-refractivity contribution is 0.593. The Balaban J connectivity index is 2.26. The number of benzene rings is 1. The molecule has 16 heavy (non-hydrogen) atoms. The monoisotopic (exact) mass is 232 g/mol. The van der Waals surface area contributed by atoms with Gasteiger partial charge in [0, 0.05) is 10.9 Å². The zero-order valence-electron chi connectivity index (χ0n) is 9.34. The predicted octanol–water partition coefficient (Wildman–Crippen LogP) is 3.63. The van der Waals surface area contributed by atoms with Gasteiger partial charge in [-0.05, 0) is 38.0 Å². The van der Waals surface area contributed by atoms with Crippen molar-refractivity contribution in [2.45, 2.75) is 25.8 Å². The fraction of sp³-hybridized carbons (Fsp3) is 0.308. The second-order valence-electron chi connectivity index (χ2n) is 4.99. The molecular weight excluding hydrogens is 220 g/mol. The molecule has 2 aromatic rings. The number of pyridine rings is 1. The van der Waals surface area contributed by atoms with Crippen LogP contribution in [-0.2, 0) is 6.42 Å². The Bertz CT molecular complexity index is 575. The van der Waals surface area contributed by atoms with Gasteiger partial charge < -0.3 is 5.32 Å². The maximum Gasteiger partial charge on any atom is 0.130 e. The van der Waals surface area contributed by atoms with Crippen LogP contribution in [0, 0.1) is 0 Å². The number of fused-ring (bicyclic) bond motifs is 2. The van der Waals surface area contributed by atoms with E-state index in [1.807, 2.05) is 12.1 Å². The topological polar surface area (TPSA) is 24.9 Å². The summed E-state index contributed by atoms with van der Waals surface area (Å²) in [4.78, 5) is 4.61. The summed E-state index contributed by atoms with van der Waals surface area (Å²) in [6.45, 7) is 4.36. The highest BCUT2D eigenvalue weighted by molar-refractivity contribution is 6.35. The molecule has 0 saturated carbocycles. The highest BCUT2D eigenvalue weighted by atomic mass is 35.5. The molecular formula is C13H13ClN2.